The number of fused-ring (bicyclic) bond motifs is 1. The first-order valence-electron chi connectivity index (χ1n) is 8.30. The van der Waals surface area contributed by atoms with Gasteiger partial charge >= 0.3 is 12.0 Å². The largest absolute Gasteiger partial charge is 0.507 e. The molecule has 0 saturated carbocycles. The first kappa shape index (κ1) is 18.9. The maximum absolute atomic E-state index is 12.1. The zero-order chi connectivity index (χ0) is 20.5. The highest BCUT2D eigenvalue weighted by Crippen LogP contribution is 2.19. The fourth-order valence-electron chi connectivity index (χ4n) is 2.68. The first-order valence-corrected chi connectivity index (χ1v) is 8.30. The molecular formula is C18H17N5O5. The average Bonchev–Trinajstić information content (AvgIpc) is 3.14. The maximum atomic E-state index is 12.1. The van der Waals surface area contributed by atoms with Gasteiger partial charge in [-0.05, 0) is 26.0 Å². The normalized spacial score (nSPS) is 16.5. The smallest absolute Gasteiger partial charge is 0.326 e. The number of nitrogens with one attached hydrogen (secondary N) is 2. The number of aliphatic hydroxyl groups is 1. The molecule has 0 atom stereocenters. The van der Waals surface area contributed by atoms with Crippen molar-refractivity contribution in [1.82, 2.24) is 20.2 Å². The molecular weight excluding hydrogens is 366 g/mol. The number of H-pyrrole nitrogens is 1. The van der Waals surface area contributed by atoms with E-state index >= 15 is 0 Å². The molecule has 10 heteroatoms. The lowest BCUT2D eigenvalue weighted by molar-refractivity contribution is -0.147. The van der Waals surface area contributed by atoms with Crippen molar-refractivity contribution in [3.63, 3.8) is 0 Å². The van der Waals surface area contributed by atoms with Gasteiger partial charge in [0.1, 0.15) is 30.3 Å². The van der Waals surface area contributed by atoms with Crippen LogP contribution in [0.25, 0.3) is 16.6 Å². The summed E-state index contributed by atoms with van der Waals surface area (Å²) in [5, 5.41) is 21.9. The molecule has 10 nitrogen and oxygen atoms in total. The van der Waals surface area contributed by atoms with Crippen molar-refractivity contribution in [2.45, 2.75) is 19.4 Å². The second kappa shape index (κ2) is 7.03. The van der Waals surface area contributed by atoms with Crippen molar-refractivity contribution in [3.8, 4) is 6.07 Å². The summed E-state index contributed by atoms with van der Waals surface area (Å²) in [4.78, 5) is 43.6. The van der Waals surface area contributed by atoms with E-state index in [0.29, 0.717) is 11.0 Å². The van der Waals surface area contributed by atoms with E-state index in [0.717, 1.165) is 4.90 Å². The number of rotatable bonds is 5. The molecule has 1 saturated heterocycles. The Morgan fingerprint density at radius 3 is 2.68 bits per heavy atom. The molecule has 1 aromatic carbocycles. The number of imide groups is 1. The number of imidazole rings is 1. The summed E-state index contributed by atoms with van der Waals surface area (Å²) in [6, 6.07) is 8.18. The van der Waals surface area contributed by atoms with E-state index in [4.69, 9.17) is 4.74 Å². The Bertz CT molecular complexity index is 1010. The molecule has 0 radical (unpaired) electrons. The monoisotopic (exact) mass is 383 g/mol. The standard InChI is InChI=1S/C18H17N5O5/c1-18(2)16(26)23(17(27)22-18)8-14(25)28-9-13(24)10(7-19)15-20-11-5-3-4-6-12(11)21-15/h3-6,24H,8-9H2,1-2H3,(H,20,21)(H,22,27)/b13-10-. The highest BCUT2D eigenvalue weighted by molar-refractivity contribution is 6.08. The summed E-state index contributed by atoms with van der Waals surface area (Å²) in [5.74, 6) is -1.84. The number of aromatic nitrogens is 2. The summed E-state index contributed by atoms with van der Waals surface area (Å²) in [6.07, 6.45) is 0. The van der Waals surface area contributed by atoms with E-state index in [1.165, 1.54) is 13.8 Å². The molecule has 144 valence electrons. The Morgan fingerprint density at radius 2 is 2.07 bits per heavy atom. The van der Waals surface area contributed by atoms with Gasteiger partial charge in [0, 0.05) is 0 Å². The van der Waals surface area contributed by atoms with Crippen molar-refractivity contribution in [1.29, 1.82) is 5.26 Å². The number of nitriles is 1. The fraction of sp³-hybridized carbons (Fsp3) is 0.278. The lowest BCUT2D eigenvalue weighted by atomic mass is 10.1. The first-order chi connectivity index (χ1) is 13.2. The van der Waals surface area contributed by atoms with Gasteiger partial charge < -0.3 is 20.1 Å². The molecule has 28 heavy (non-hydrogen) atoms. The Hall–Kier alpha value is -3.87. The minimum absolute atomic E-state index is 0.132. The van der Waals surface area contributed by atoms with Crippen molar-refractivity contribution < 1.29 is 24.2 Å². The van der Waals surface area contributed by atoms with Gasteiger partial charge in [0.2, 0.25) is 0 Å². The number of ether oxygens (including phenoxy) is 1. The number of aliphatic hydroxyl groups excluding tert-OH is 1. The summed E-state index contributed by atoms with van der Waals surface area (Å²) in [6.45, 7) is 1.82. The quantitative estimate of drug-likeness (QED) is 0.304. The van der Waals surface area contributed by atoms with Crippen molar-refractivity contribution in [2.75, 3.05) is 13.2 Å². The molecule has 1 aromatic heterocycles. The van der Waals surface area contributed by atoms with Gasteiger partial charge in [0.15, 0.2) is 11.6 Å². The van der Waals surface area contributed by atoms with Crippen LogP contribution < -0.4 is 5.32 Å². The van der Waals surface area contributed by atoms with E-state index < -0.39 is 42.4 Å². The summed E-state index contributed by atoms with van der Waals surface area (Å²) < 4.78 is 4.90. The molecule has 0 bridgehead atoms. The Morgan fingerprint density at radius 1 is 1.36 bits per heavy atom. The number of amides is 3. The van der Waals surface area contributed by atoms with E-state index in [1.54, 1.807) is 24.3 Å². The topological polar surface area (TPSA) is 148 Å². The molecule has 0 unspecified atom stereocenters. The lowest BCUT2D eigenvalue weighted by Gasteiger charge is -2.15. The number of nitrogens with zero attached hydrogens (tertiary/aromatic N) is 3. The van der Waals surface area contributed by atoms with Crippen LogP contribution in [0.15, 0.2) is 30.0 Å². The number of hydrogen-bond acceptors (Lipinski definition) is 7. The average molecular weight is 383 g/mol. The van der Waals surface area contributed by atoms with Crippen LogP contribution in [-0.4, -0.2) is 56.6 Å². The van der Waals surface area contributed by atoms with E-state index in [9.17, 15) is 24.8 Å². The van der Waals surface area contributed by atoms with Crippen LogP contribution in [0.4, 0.5) is 4.79 Å². The van der Waals surface area contributed by atoms with E-state index in [-0.39, 0.29) is 11.4 Å². The van der Waals surface area contributed by atoms with Crippen LogP contribution >= 0.6 is 0 Å². The molecule has 1 aliphatic heterocycles. The van der Waals surface area contributed by atoms with Gasteiger partial charge in [0.25, 0.3) is 5.91 Å². The lowest BCUT2D eigenvalue weighted by Crippen LogP contribution is -2.41. The third-order valence-corrected chi connectivity index (χ3v) is 4.13. The Kier molecular flexibility index (Phi) is 4.75. The molecule has 3 rings (SSSR count). The number of allylic oxidation sites excluding steroid dienone is 1. The molecule has 3 amide bonds. The molecule has 2 aromatic rings. The minimum Gasteiger partial charge on any atom is -0.507 e. The summed E-state index contributed by atoms with van der Waals surface area (Å²) >= 11 is 0. The number of carbonyl (C=O) groups is 3. The molecule has 0 aliphatic carbocycles. The van der Waals surface area contributed by atoms with Gasteiger partial charge in [-0.3, -0.25) is 14.5 Å². The van der Waals surface area contributed by atoms with Gasteiger partial charge in [-0.1, -0.05) is 12.1 Å². The van der Waals surface area contributed by atoms with Crippen LogP contribution in [0, 0.1) is 11.3 Å². The minimum atomic E-state index is -1.10. The van der Waals surface area contributed by atoms with Gasteiger partial charge in [0.05, 0.1) is 11.0 Å². The van der Waals surface area contributed by atoms with E-state index in [2.05, 4.69) is 15.3 Å². The maximum Gasteiger partial charge on any atom is 0.326 e. The van der Waals surface area contributed by atoms with E-state index in [1.807, 2.05) is 6.07 Å². The number of aromatic amines is 1. The third kappa shape index (κ3) is 3.50. The van der Waals surface area contributed by atoms with Crippen LogP contribution in [0.5, 0.6) is 0 Å². The highest BCUT2D eigenvalue weighted by atomic mass is 16.5. The molecule has 2 heterocycles. The second-order valence-corrected chi connectivity index (χ2v) is 6.64. The van der Waals surface area contributed by atoms with Gasteiger partial charge in [-0.15, -0.1) is 0 Å². The number of para-hydroxylation sites is 2. The van der Waals surface area contributed by atoms with Gasteiger partial charge in [-0.25, -0.2) is 9.78 Å². The summed E-state index contributed by atoms with van der Waals surface area (Å²) in [7, 11) is 0. The number of hydrogen-bond donors (Lipinski definition) is 3. The predicted molar refractivity (Wildman–Crippen MR) is 96.5 cm³/mol. The fourth-order valence-corrected chi connectivity index (χ4v) is 2.68. The van der Waals surface area contributed by atoms with Crippen molar-refractivity contribution >= 4 is 34.5 Å². The number of esters is 1. The van der Waals surface area contributed by atoms with Crippen LogP contribution in [0.1, 0.15) is 19.7 Å². The molecule has 1 fully saturated rings. The zero-order valence-electron chi connectivity index (χ0n) is 15.1. The van der Waals surface area contributed by atoms with Gasteiger partial charge in [-0.2, -0.15) is 5.26 Å². The SMILES string of the molecule is CC1(C)NC(=O)N(CC(=O)OC/C(O)=C(\C#N)c2nc3ccccc3[nH]2)C1=O. The zero-order valence-corrected chi connectivity index (χ0v) is 15.1. The highest BCUT2D eigenvalue weighted by Gasteiger charge is 2.45. The van der Waals surface area contributed by atoms with Crippen LogP contribution in [0.2, 0.25) is 0 Å². The molecule has 1 aliphatic rings. The van der Waals surface area contributed by atoms with Crippen molar-refractivity contribution in [2.24, 2.45) is 0 Å². The number of benzene rings is 1. The summed E-state index contributed by atoms with van der Waals surface area (Å²) in [5.41, 5.74) is 0.00172. The Labute approximate surface area is 159 Å². The van der Waals surface area contributed by atoms with Crippen LogP contribution in [0.3, 0.4) is 0 Å². The third-order valence-electron chi connectivity index (χ3n) is 4.13. The Balaban J connectivity index is 1.68. The molecule has 3 N–H and O–H groups in total. The predicted octanol–water partition coefficient (Wildman–Crippen LogP) is 1.23. The van der Waals surface area contributed by atoms with Crippen molar-refractivity contribution in [3.05, 3.63) is 35.8 Å². The number of carbonyl (C=O) groups excluding carboxylic acids is 3. The van der Waals surface area contributed by atoms with Crippen LogP contribution in [-0.2, 0) is 14.3 Å². The molecule has 0 spiro atoms. The number of urea groups is 1. The second-order valence-electron chi connectivity index (χ2n) is 6.64.